The van der Waals surface area contributed by atoms with Crippen molar-refractivity contribution in [2.24, 2.45) is 5.92 Å². The average molecular weight is 296 g/mol. The van der Waals surface area contributed by atoms with Crippen molar-refractivity contribution in [3.63, 3.8) is 0 Å². The second kappa shape index (κ2) is 6.35. The first-order chi connectivity index (χ1) is 9.51. The molecule has 1 aromatic rings. The van der Waals surface area contributed by atoms with E-state index >= 15 is 0 Å². The van der Waals surface area contributed by atoms with Gasteiger partial charge in [-0.1, -0.05) is 0 Å². The van der Waals surface area contributed by atoms with Gasteiger partial charge >= 0.3 is 5.97 Å². The Morgan fingerprint density at radius 2 is 1.90 bits per heavy atom. The normalized spacial score (nSPS) is 22.4. The molecule has 0 unspecified atom stereocenters. The Balaban J connectivity index is 1.88. The lowest BCUT2D eigenvalue weighted by Crippen LogP contribution is -2.38. The van der Waals surface area contributed by atoms with Crippen molar-refractivity contribution in [2.75, 3.05) is 7.11 Å². The van der Waals surface area contributed by atoms with Crippen LogP contribution < -0.4 is 5.32 Å². The van der Waals surface area contributed by atoms with Crippen molar-refractivity contribution in [3.8, 4) is 0 Å². The van der Waals surface area contributed by atoms with Gasteiger partial charge in [0.15, 0.2) is 0 Å². The van der Waals surface area contributed by atoms with E-state index in [2.05, 4.69) is 10.3 Å². The molecule has 20 heavy (non-hydrogen) atoms. The minimum Gasteiger partial charge on any atom is -0.469 e. The summed E-state index contributed by atoms with van der Waals surface area (Å²) in [7, 11) is 1.42. The number of hydrogen-bond donors (Lipinski definition) is 1. The van der Waals surface area contributed by atoms with E-state index in [1.807, 2.05) is 13.8 Å². The number of nitrogens with one attached hydrogen (secondary N) is 1. The molecule has 110 valence electrons. The average Bonchev–Trinajstić information content (AvgIpc) is 2.78. The number of thiazole rings is 1. The van der Waals surface area contributed by atoms with Gasteiger partial charge in [0.1, 0.15) is 4.88 Å². The maximum atomic E-state index is 12.2. The molecule has 0 bridgehead atoms. The van der Waals surface area contributed by atoms with E-state index in [0.717, 1.165) is 36.4 Å². The van der Waals surface area contributed by atoms with Crippen LogP contribution in [-0.4, -0.2) is 30.0 Å². The van der Waals surface area contributed by atoms with E-state index < -0.39 is 0 Å². The van der Waals surface area contributed by atoms with Crippen LogP contribution >= 0.6 is 11.3 Å². The molecule has 1 aromatic heterocycles. The SMILES string of the molecule is COC(=O)C1CCC(NC(=O)c2sc(C)nc2C)CC1. The van der Waals surface area contributed by atoms with Gasteiger partial charge in [-0.2, -0.15) is 0 Å². The van der Waals surface area contributed by atoms with Crippen molar-refractivity contribution < 1.29 is 14.3 Å². The molecule has 1 saturated carbocycles. The van der Waals surface area contributed by atoms with E-state index in [1.165, 1.54) is 18.4 Å². The minimum absolute atomic E-state index is 0.0134. The summed E-state index contributed by atoms with van der Waals surface area (Å²) in [6.07, 6.45) is 3.20. The maximum Gasteiger partial charge on any atom is 0.308 e. The van der Waals surface area contributed by atoms with Crippen molar-refractivity contribution in [1.82, 2.24) is 10.3 Å². The van der Waals surface area contributed by atoms with E-state index in [9.17, 15) is 9.59 Å². The second-order valence-corrected chi connectivity index (χ2v) is 6.40. The van der Waals surface area contributed by atoms with Gasteiger partial charge in [-0.3, -0.25) is 9.59 Å². The Kier molecular flexibility index (Phi) is 4.75. The summed E-state index contributed by atoms with van der Waals surface area (Å²) in [6.45, 7) is 3.75. The van der Waals surface area contributed by atoms with Gasteiger partial charge < -0.3 is 10.1 Å². The van der Waals surface area contributed by atoms with Crippen LogP contribution in [0.15, 0.2) is 0 Å². The number of rotatable bonds is 3. The molecule has 0 saturated heterocycles. The van der Waals surface area contributed by atoms with Crippen molar-refractivity contribution in [3.05, 3.63) is 15.6 Å². The molecule has 0 aromatic carbocycles. The first-order valence-corrected chi connectivity index (χ1v) is 7.65. The quantitative estimate of drug-likeness (QED) is 0.868. The largest absolute Gasteiger partial charge is 0.469 e. The monoisotopic (exact) mass is 296 g/mol. The van der Waals surface area contributed by atoms with Crippen LogP contribution in [0.5, 0.6) is 0 Å². The minimum atomic E-state index is -0.135. The number of esters is 1. The van der Waals surface area contributed by atoms with Gasteiger partial charge in [-0.25, -0.2) is 4.98 Å². The van der Waals surface area contributed by atoms with Crippen molar-refractivity contribution >= 4 is 23.2 Å². The first-order valence-electron chi connectivity index (χ1n) is 6.84. The second-order valence-electron chi connectivity index (χ2n) is 5.19. The van der Waals surface area contributed by atoms with Gasteiger partial charge in [0.05, 0.1) is 23.7 Å². The van der Waals surface area contributed by atoms with E-state index in [1.54, 1.807) is 0 Å². The Bertz CT molecular complexity index is 505. The Morgan fingerprint density at radius 3 is 2.40 bits per heavy atom. The summed E-state index contributed by atoms with van der Waals surface area (Å²) in [4.78, 5) is 28.6. The smallest absolute Gasteiger partial charge is 0.308 e. The molecular weight excluding hydrogens is 276 g/mol. The van der Waals surface area contributed by atoms with Gasteiger partial charge in [0.2, 0.25) is 0 Å². The molecule has 0 atom stereocenters. The molecular formula is C14H20N2O3S. The molecule has 0 spiro atoms. The lowest BCUT2D eigenvalue weighted by molar-refractivity contribution is -0.146. The Labute approximate surface area is 122 Å². The van der Waals surface area contributed by atoms with Gasteiger partial charge in [-0.15, -0.1) is 11.3 Å². The zero-order chi connectivity index (χ0) is 14.7. The fourth-order valence-corrected chi connectivity index (χ4v) is 3.46. The Hall–Kier alpha value is -1.43. The van der Waals surface area contributed by atoms with E-state index in [-0.39, 0.29) is 23.8 Å². The molecule has 1 amide bonds. The third kappa shape index (κ3) is 3.36. The molecule has 2 rings (SSSR count). The summed E-state index contributed by atoms with van der Waals surface area (Å²) in [5.41, 5.74) is 0.785. The Morgan fingerprint density at radius 1 is 1.25 bits per heavy atom. The topological polar surface area (TPSA) is 68.3 Å². The summed E-state index contributed by atoms with van der Waals surface area (Å²) < 4.78 is 4.76. The number of amides is 1. The number of nitrogens with zero attached hydrogens (tertiary/aromatic N) is 1. The standard InChI is InChI=1S/C14H20N2O3S/c1-8-12(20-9(2)15-8)13(17)16-11-6-4-10(5-7-11)14(18)19-3/h10-11H,4-7H2,1-3H3,(H,16,17). The zero-order valence-electron chi connectivity index (χ0n) is 12.1. The van der Waals surface area contributed by atoms with Crippen LogP contribution in [0, 0.1) is 19.8 Å². The summed E-state index contributed by atoms with van der Waals surface area (Å²) in [5.74, 6) is -0.196. The fourth-order valence-electron chi connectivity index (χ4n) is 2.63. The van der Waals surface area contributed by atoms with Crippen LogP contribution in [0.3, 0.4) is 0 Å². The predicted molar refractivity (Wildman–Crippen MR) is 76.8 cm³/mol. The van der Waals surface area contributed by atoms with Gasteiger partial charge in [0, 0.05) is 6.04 Å². The van der Waals surface area contributed by atoms with Crippen molar-refractivity contribution in [1.29, 1.82) is 0 Å². The number of carbonyl (C=O) groups is 2. The molecule has 5 nitrogen and oxygen atoms in total. The highest BCUT2D eigenvalue weighted by atomic mass is 32.1. The molecule has 0 aliphatic heterocycles. The lowest BCUT2D eigenvalue weighted by atomic mass is 9.86. The molecule has 6 heteroatoms. The van der Waals surface area contributed by atoms with Gasteiger partial charge in [-0.05, 0) is 39.5 Å². The van der Waals surface area contributed by atoms with E-state index in [4.69, 9.17) is 4.74 Å². The number of hydrogen-bond acceptors (Lipinski definition) is 5. The highest BCUT2D eigenvalue weighted by molar-refractivity contribution is 7.13. The maximum absolute atomic E-state index is 12.2. The highest BCUT2D eigenvalue weighted by Gasteiger charge is 2.28. The van der Waals surface area contributed by atoms with Crippen LogP contribution in [0.25, 0.3) is 0 Å². The van der Waals surface area contributed by atoms with Crippen LogP contribution in [0.1, 0.15) is 46.1 Å². The van der Waals surface area contributed by atoms with Gasteiger partial charge in [0.25, 0.3) is 5.91 Å². The molecule has 1 fully saturated rings. The summed E-state index contributed by atoms with van der Waals surface area (Å²) >= 11 is 1.42. The third-order valence-electron chi connectivity index (χ3n) is 3.71. The molecule has 0 radical (unpaired) electrons. The highest BCUT2D eigenvalue weighted by Crippen LogP contribution is 2.26. The molecule has 1 N–H and O–H groups in total. The van der Waals surface area contributed by atoms with Crippen LogP contribution in [-0.2, 0) is 9.53 Å². The number of ether oxygens (including phenoxy) is 1. The number of aromatic nitrogens is 1. The van der Waals surface area contributed by atoms with E-state index in [0.29, 0.717) is 4.88 Å². The third-order valence-corrected chi connectivity index (χ3v) is 4.78. The lowest BCUT2D eigenvalue weighted by Gasteiger charge is -2.27. The summed E-state index contributed by atoms with van der Waals surface area (Å²) in [6, 6.07) is 0.144. The number of carbonyl (C=O) groups excluding carboxylic acids is 2. The van der Waals surface area contributed by atoms with Crippen LogP contribution in [0.2, 0.25) is 0 Å². The predicted octanol–water partition coefficient (Wildman–Crippen LogP) is 2.22. The first kappa shape index (κ1) is 15.0. The zero-order valence-corrected chi connectivity index (χ0v) is 12.9. The summed E-state index contributed by atoms with van der Waals surface area (Å²) in [5, 5.41) is 3.95. The fraction of sp³-hybridized carbons (Fsp3) is 0.643. The van der Waals surface area contributed by atoms with Crippen LogP contribution in [0.4, 0.5) is 0 Å². The molecule has 1 heterocycles. The molecule has 1 aliphatic carbocycles. The molecule has 1 aliphatic rings. The number of methoxy groups -OCH3 is 1. The van der Waals surface area contributed by atoms with Crippen molar-refractivity contribution in [2.45, 2.75) is 45.6 Å². The number of aryl methyl sites for hydroxylation is 2.